The Hall–Kier alpha value is -3.56. The summed E-state index contributed by atoms with van der Waals surface area (Å²) in [7, 11) is 3.53. The third kappa shape index (κ3) is 3.48. The minimum Gasteiger partial charge on any atom is -0.444 e. The molecule has 0 saturated carbocycles. The number of hydrogen-bond acceptors (Lipinski definition) is 7. The highest BCUT2D eigenvalue weighted by Crippen LogP contribution is 2.30. The summed E-state index contributed by atoms with van der Waals surface area (Å²) in [5, 5.41) is 11.3. The monoisotopic (exact) mass is 397 g/mol. The lowest BCUT2D eigenvalue weighted by Crippen LogP contribution is -2.24. The van der Waals surface area contributed by atoms with Crippen LogP contribution in [0.5, 0.6) is 0 Å². The molecule has 10 heteroatoms. The van der Waals surface area contributed by atoms with E-state index >= 15 is 0 Å². The van der Waals surface area contributed by atoms with Crippen molar-refractivity contribution in [3.05, 3.63) is 42.3 Å². The number of aryl methyl sites for hydroxylation is 1. The van der Waals surface area contributed by atoms with E-state index in [1.807, 2.05) is 6.92 Å². The molecule has 1 aliphatic heterocycles. The summed E-state index contributed by atoms with van der Waals surface area (Å²) < 4.78 is 21.6. The maximum atomic E-state index is 14.8. The second-order valence-corrected chi connectivity index (χ2v) is 6.76. The number of cyclic esters (lactones) is 1. The lowest BCUT2D eigenvalue weighted by molar-refractivity contribution is 0.139. The van der Waals surface area contributed by atoms with Crippen LogP contribution in [0.3, 0.4) is 0 Å². The summed E-state index contributed by atoms with van der Waals surface area (Å²) >= 11 is 0. The number of tetrazole rings is 1. The molecule has 9 nitrogen and oxygen atoms in total. The largest absolute Gasteiger partial charge is 0.444 e. The van der Waals surface area contributed by atoms with Crippen molar-refractivity contribution in [2.75, 3.05) is 23.4 Å². The molecule has 0 N–H and O–H groups in total. The van der Waals surface area contributed by atoms with E-state index in [1.165, 1.54) is 15.6 Å². The van der Waals surface area contributed by atoms with Gasteiger partial charge in [0.25, 0.3) is 5.95 Å². The number of amides is 1. The van der Waals surface area contributed by atoms with Gasteiger partial charge in [-0.2, -0.15) is 0 Å². The molecule has 1 amide bonds. The van der Waals surface area contributed by atoms with Gasteiger partial charge in [-0.25, -0.2) is 18.9 Å². The molecule has 0 spiro atoms. The Labute approximate surface area is 166 Å². The average Bonchev–Trinajstić information content (AvgIpc) is 3.32. The van der Waals surface area contributed by atoms with Crippen LogP contribution in [0.25, 0.3) is 11.1 Å². The van der Waals surface area contributed by atoms with Crippen LogP contribution in [0.15, 0.2) is 36.5 Å². The molecule has 150 valence electrons. The van der Waals surface area contributed by atoms with Crippen molar-refractivity contribution in [2.45, 2.75) is 19.4 Å². The van der Waals surface area contributed by atoms with Gasteiger partial charge in [-0.15, -0.1) is 0 Å². The van der Waals surface area contributed by atoms with Crippen LogP contribution in [0.1, 0.15) is 13.3 Å². The van der Waals surface area contributed by atoms with Crippen molar-refractivity contribution in [3.8, 4) is 11.1 Å². The predicted molar refractivity (Wildman–Crippen MR) is 104 cm³/mol. The minimum atomic E-state index is -0.448. The van der Waals surface area contributed by atoms with E-state index in [0.717, 1.165) is 6.42 Å². The first-order valence-corrected chi connectivity index (χ1v) is 9.18. The lowest BCUT2D eigenvalue weighted by Gasteiger charge is -2.16. The standard InChI is InChI=1S/C19H20FN7O2/c1-4-14-11-27(19(28)29-14)13-6-7-15(16(20)9-13)12-5-8-17(21-10-12)25(2)18-22-23-24-26(18)3/h5-10,14H,4,11H2,1-3H3/t14-/m0/s1. The predicted octanol–water partition coefficient (Wildman–Crippen LogP) is 2.91. The molecule has 3 aromatic rings. The molecule has 0 bridgehead atoms. The van der Waals surface area contributed by atoms with Crippen molar-refractivity contribution in [1.82, 2.24) is 25.2 Å². The van der Waals surface area contributed by atoms with E-state index in [1.54, 1.807) is 49.5 Å². The third-order valence-corrected chi connectivity index (χ3v) is 4.89. The maximum absolute atomic E-state index is 14.8. The fourth-order valence-electron chi connectivity index (χ4n) is 3.21. The molecular formula is C19H20FN7O2. The number of nitrogens with zero attached hydrogens (tertiary/aromatic N) is 7. The number of ether oxygens (including phenoxy) is 1. The van der Waals surface area contributed by atoms with Gasteiger partial charge < -0.3 is 4.74 Å². The normalized spacial score (nSPS) is 16.2. The van der Waals surface area contributed by atoms with Gasteiger partial charge in [0.1, 0.15) is 17.7 Å². The fraction of sp³-hybridized carbons (Fsp3) is 0.316. The molecular weight excluding hydrogens is 377 g/mol. The average molecular weight is 397 g/mol. The Morgan fingerprint density at radius 3 is 2.72 bits per heavy atom. The zero-order valence-electron chi connectivity index (χ0n) is 16.3. The summed E-state index contributed by atoms with van der Waals surface area (Å²) in [4.78, 5) is 19.6. The lowest BCUT2D eigenvalue weighted by atomic mass is 10.1. The maximum Gasteiger partial charge on any atom is 0.414 e. The van der Waals surface area contributed by atoms with Gasteiger partial charge in [0.05, 0.1) is 12.2 Å². The molecule has 0 unspecified atom stereocenters. The first kappa shape index (κ1) is 18.8. The van der Waals surface area contributed by atoms with Crippen LogP contribution in [0.2, 0.25) is 0 Å². The highest BCUT2D eigenvalue weighted by Gasteiger charge is 2.31. The minimum absolute atomic E-state index is 0.164. The van der Waals surface area contributed by atoms with Gasteiger partial charge in [0.2, 0.25) is 0 Å². The number of carbonyl (C=O) groups excluding carboxylic acids is 1. The number of halogens is 1. The van der Waals surface area contributed by atoms with Crippen LogP contribution in [-0.4, -0.2) is 51.0 Å². The Balaban J connectivity index is 1.56. The first-order chi connectivity index (χ1) is 14.0. The summed E-state index contributed by atoms with van der Waals surface area (Å²) in [6.45, 7) is 2.37. The Bertz CT molecular complexity index is 1040. The number of aromatic nitrogens is 5. The highest BCUT2D eigenvalue weighted by atomic mass is 19.1. The summed E-state index contributed by atoms with van der Waals surface area (Å²) in [6, 6.07) is 8.24. The van der Waals surface area contributed by atoms with Crippen LogP contribution in [0.4, 0.5) is 26.6 Å². The van der Waals surface area contributed by atoms with Crippen LogP contribution in [0, 0.1) is 5.82 Å². The van der Waals surface area contributed by atoms with E-state index in [4.69, 9.17) is 4.74 Å². The van der Waals surface area contributed by atoms with Gasteiger partial charge in [-0.05, 0) is 47.2 Å². The van der Waals surface area contributed by atoms with Crippen molar-refractivity contribution in [2.24, 2.45) is 7.05 Å². The zero-order valence-corrected chi connectivity index (χ0v) is 16.3. The smallest absolute Gasteiger partial charge is 0.414 e. The molecule has 1 atom stereocenters. The Morgan fingerprint density at radius 2 is 2.14 bits per heavy atom. The molecule has 4 rings (SSSR count). The number of rotatable bonds is 5. The number of benzene rings is 1. The molecule has 29 heavy (non-hydrogen) atoms. The van der Waals surface area contributed by atoms with Crippen molar-refractivity contribution in [3.63, 3.8) is 0 Å². The first-order valence-electron chi connectivity index (χ1n) is 9.18. The molecule has 1 fully saturated rings. The Kier molecular flexibility index (Phi) is 4.83. The van der Waals surface area contributed by atoms with Crippen molar-refractivity contribution < 1.29 is 13.9 Å². The topological polar surface area (TPSA) is 89.3 Å². The molecule has 0 radical (unpaired) electrons. The Morgan fingerprint density at radius 1 is 1.31 bits per heavy atom. The van der Waals surface area contributed by atoms with Crippen LogP contribution < -0.4 is 9.80 Å². The van der Waals surface area contributed by atoms with Crippen molar-refractivity contribution in [1.29, 1.82) is 0 Å². The summed E-state index contributed by atoms with van der Waals surface area (Å²) in [6.07, 6.45) is 1.70. The molecule has 1 aromatic carbocycles. The van der Waals surface area contributed by atoms with Crippen LogP contribution in [-0.2, 0) is 11.8 Å². The van der Waals surface area contributed by atoms with E-state index in [0.29, 0.717) is 35.1 Å². The second-order valence-electron chi connectivity index (χ2n) is 6.76. The van der Waals surface area contributed by atoms with E-state index < -0.39 is 11.9 Å². The molecule has 3 heterocycles. The molecule has 1 saturated heterocycles. The quantitative estimate of drug-likeness (QED) is 0.654. The SMILES string of the molecule is CC[C@H]1CN(c2ccc(-c3ccc(N(C)c4nnnn4C)nc3)c(F)c2)C(=O)O1. The second kappa shape index (κ2) is 7.46. The number of anilines is 3. The molecule has 2 aromatic heterocycles. The van der Waals surface area contributed by atoms with Gasteiger partial charge in [-0.1, -0.05) is 12.0 Å². The van der Waals surface area contributed by atoms with Crippen LogP contribution >= 0.6 is 0 Å². The molecule has 0 aliphatic carbocycles. The van der Waals surface area contributed by atoms with E-state index in [2.05, 4.69) is 20.5 Å². The summed E-state index contributed by atoms with van der Waals surface area (Å²) in [5.41, 5.74) is 1.50. The van der Waals surface area contributed by atoms with Gasteiger partial charge in [-0.3, -0.25) is 9.80 Å². The van der Waals surface area contributed by atoms with E-state index in [9.17, 15) is 9.18 Å². The molecule has 1 aliphatic rings. The summed E-state index contributed by atoms with van der Waals surface area (Å²) in [5.74, 6) is 0.716. The van der Waals surface area contributed by atoms with E-state index in [-0.39, 0.29) is 6.10 Å². The van der Waals surface area contributed by atoms with Crippen molar-refractivity contribution >= 4 is 23.5 Å². The number of pyridine rings is 1. The number of carbonyl (C=O) groups is 1. The van der Waals surface area contributed by atoms with Gasteiger partial charge in [0.15, 0.2) is 0 Å². The third-order valence-electron chi connectivity index (χ3n) is 4.89. The number of hydrogen-bond donors (Lipinski definition) is 0. The fourth-order valence-corrected chi connectivity index (χ4v) is 3.21. The van der Waals surface area contributed by atoms with Gasteiger partial charge >= 0.3 is 6.09 Å². The highest BCUT2D eigenvalue weighted by molar-refractivity contribution is 5.90. The van der Waals surface area contributed by atoms with Gasteiger partial charge in [0, 0.05) is 31.4 Å². The zero-order chi connectivity index (χ0) is 20.5.